The van der Waals surface area contributed by atoms with Gasteiger partial charge in [-0.25, -0.2) is 18.5 Å². The van der Waals surface area contributed by atoms with Gasteiger partial charge in [0.2, 0.25) is 16.0 Å². The van der Waals surface area contributed by atoms with Crippen LogP contribution in [0.3, 0.4) is 0 Å². The number of nitrogens with two attached hydrogens (primary N) is 1. The highest BCUT2D eigenvalue weighted by Gasteiger charge is 2.20. The van der Waals surface area contributed by atoms with Gasteiger partial charge < -0.3 is 10.2 Å². The molecule has 0 amide bonds. The zero-order valence-corrected chi connectivity index (χ0v) is 16.0. The van der Waals surface area contributed by atoms with Crippen LogP contribution in [0.4, 0.5) is 17.5 Å². The summed E-state index contributed by atoms with van der Waals surface area (Å²) in [6.45, 7) is 6.39. The lowest BCUT2D eigenvalue weighted by atomic mass is 10.00. The second-order valence-electron chi connectivity index (χ2n) is 6.78. The summed E-state index contributed by atoms with van der Waals surface area (Å²) in [5, 5.41) is 8.27. The fraction of sp³-hybridized carbons (Fsp3) is 0.444. The van der Waals surface area contributed by atoms with E-state index in [9.17, 15) is 8.42 Å². The van der Waals surface area contributed by atoms with Crippen LogP contribution in [0, 0.1) is 5.92 Å². The Bertz CT molecular complexity index is 868. The van der Waals surface area contributed by atoms with E-state index < -0.39 is 10.0 Å². The average molecular weight is 375 g/mol. The van der Waals surface area contributed by atoms with Gasteiger partial charge in [0.15, 0.2) is 0 Å². The Morgan fingerprint density at radius 3 is 2.65 bits per heavy atom. The van der Waals surface area contributed by atoms with Crippen molar-refractivity contribution in [1.82, 2.24) is 9.97 Å². The number of benzene rings is 1. The molecule has 1 aliphatic rings. The Hall–Kier alpha value is -2.19. The van der Waals surface area contributed by atoms with Crippen LogP contribution < -0.4 is 15.4 Å². The maximum atomic E-state index is 11.3. The highest BCUT2D eigenvalue weighted by Crippen LogP contribution is 2.26. The first-order chi connectivity index (χ1) is 12.4. The van der Waals surface area contributed by atoms with E-state index in [1.807, 2.05) is 6.20 Å². The molecule has 7 nitrogen and oxygen atoms in total. The van der Waals surface area contributed by atoms with Crippen LogP contribution in [0.15, 0.2) is 35.4 Å². The first-order valence-electron chi connectivity index (χ1n) is 8.87. The van der Waals surface area contributed by atoms with Crippen LogP contribution >= 0.6 is 0 Å². The number of hydrogen-bond donors (Lipinski definition) is 2. The van der Waals surface area contributed by atoms with Crippen molar-refractivity contribution in [3.8, 4) is 0 Å². The SMILES string of the molecule is CCc1cnc(Nc2ccc(S(N)(=O)=O)cc2)nc1N1CCC[C@H](C)C1. The van der Waals surface area contributed by atoms with Gasteiger partial charge in [0.05, 0.1) is 4.90 Å². The molecule has 0 saturated carbocycles. The summed E-state index contributed by atoms with van der Waals surface area (Å²) >= 11 is 0. The minimum atomic E-state index is -3.69. The zero-order chi connectivity index (χ0) is 18.7. The lowest BCUT2D eigenvalue weighted by Crippen LogP contribution is -2.35. The van der Waals surface area contributed by atoms with E-state index in [0.29, 0.717) is 17.6 Å². The number of anilines is 3. The third-order valence-electron chi connectivity index (χ3n) is 4.62. The molecular formula is C18H25N5O2S. The number of hydrogen-bond acceptors (Lipinski definition) is 6. The van der Waals surface area contributed by atoms with Gasteiger partial charge in [0.1, 0.15) is 5.82 Å². The second kappa shape index (κ2) is 7.59. The van der Waals surface area contributed by atoms with Gasteiger partial charge in [-0.1, -0.05) is 13.8 Å². The average Bonchev–Trinajstić information content (AvgIpc) is 2.61. The van der Waals surface area contributed by atoms with Crippen molar-refractivity contribution in [3.05, 3.63) is 36.0 Å². The third kappa shape index (κ3) is 4.31. The van der Waals surface area contributed by atoms with Crippen LogP contribution in [0.25, 0.3) is 0 Å². The van der Waals surface area contributed by atoms with Gasteiger partial charge in [-0.05, 0) is 49.4 Å². The fourth-order valence-electron chi connectivity index (χ4n) is 3.22. The van der Waals surface area contributed by atoms with Crippen molar-refractivity contribution in [3.63, 3.8) is 0 Å². The van der Waals surface area contributed by atoms with Crippen molar-refractivity contribution < 1.29 is 8.42 Å². The summed E-state index contributed by atoms with van der Waals surface area (Å²) in [6, 6.07) is 6.23. The number of rotatable bonds is 5. The Labute approximate surface area is 154 Å². The van der Waals surface area contributed by atoms with Crippen molar-refractivity contribution in [1.29, 1.82) is 0 Å². The molecule has 0 spiro atoms. The number of aromatic nitrogens is 2. The summed E-state index contributed by atoms with van der Waals surface area (Å²) in [6.07, 6.45) is 5.17. The molecule has 0 bridgehead atoms. The largest absolute Gasteiger partial charge is 0.356 e. The van der Waals surface area contributed by atoms with Crippen LogP contribution in [-0.2, 0) is 16.4 Å². The molecule has 3 N–H and O–H groups in total. The van der Waals surface area contributed by atoms with E-state index >= 15 is 0 Å². The highest BCUT2D eigenvalue weighted by atomic mass is 32.2. The smallest absolute Gasteiger partial charge is 0.238 e. The molecule has 140 valence electrons. The molecule has 0 unspecified atom stereocenters. The quantitative estimate of drug-likeness (QED) is 0.833. The lowest BCUT2D eigenvalue weighted by Gasteiger charge is -2.33. The molecule has 3 rings (SSSR count). The molecule has 1 fully saturated rings. The molecular weight excluding hydrogens is 350 g/mol. The zero-order valence-electron chi connectivity index (χ0n) is 15.1. The molecule has 0 aliphatic carbocycles. The van der Waals surface area contributed by atoms with Gasteiger partial charge in [-0.2, -0.15) is 4.98 Å². The summed E-state index contributed by atoms with van der Waals surface area (Å²) in [4.78, 5) is 11.5. The maximum Gasteiger partial charge on any atom is 0.238 e. The highest BCUT2D eigenvalue weighted by molar-refractivity contribution is 7.89. The van der Waals surface area contributed by atoms with Crippen molar-refractivity contribution in [2.75, 3.05) is 23.3 Å². The first kappa shape index (κ1) is 18.6. The van der Waals surface area contributed by atoms with Crippen molar-refractivity contribution in [2.45, 2.75) is 38.0 Å². The number of primary sulfonamides is 1. The number of sulfonamides is 1. The number of nitrogens with one attached hydrogen (secondary N) is 1. The maximum absolute atomic E-state index is 11.3. The topological polar surface area (TPSA) is 101 Å². The van der Waals surface area contributed by atoms with E-state index in [1.54, 1.807) is 12.1 Å². The molecule has 0 radical (unpaired) electrons. The molecule has 26 heavy (non-hydrogen) atoms. The van der Waals surface area contributed by atoms with Crippen molar-refractivity contribution in [2.24, 2.45) is 11.1 Å². The number of nitrogens with zero attached hydrogens (tertiary/aromatic N) is 3. The van der Waals surface area contributed by atoms with Crippen LogP contribution in [0.5, 0.6) is 0 Å². The molecule has 1 atom stereocenters. The standard InChI is InChI=1S/C18H25N5O2S/c1-3-14-11-20-18(22-17(14)23-10-4-5-13(2)12-23)21-15-6-8-16(9-7-15)26(19,24)25/h6-9,11,13H,3-5,10,12H2,1-2H3,(H2,19,24,25)(H,20,21,22)/t13-/m0/s1. The van der Waals surface area contributed by atoms with Gasteiger partial charge in [-0.3, -0.25) is 0 Å². The lowest BCUT2D eigenvalue weighted by molar-refractivity contribution is 0.444. The van der Waals surface area contributed by atoms with Gasteiger partial charge in [-0.15, -0.1) is 0 Å². The monoisotopic (exact) mass is 375 g/mol. The Balaban J connectivity index is 1.83. The van der Waals surface area contributed by atoms with Gasteiger partial charge >= 0.3 is 0 Å². The second-order valence-corrected chi connectivity index (χ2v) is 8.35. The molecule has 2 heterocycles. The normalized spacial score (nSPS) is 18.0. The van der Waals surface area contributed by atoms with Crippen LogP contribution in [0.2, 0.25) is 0 Å². The predicted molar refractivity (Wildman–Crippen MR) is 103 cm³/mol. The number of aryl methyl sites for hydroxylation is 1. The molecule has 1 aromatic heterocycles. The fourth-order valence-corrected chi connectivity index (χ4v) is 3.74. The molecule has 1 saturated heterocycles. The molecule has 1 aromatic carbocycles. The molecule has 1 aliphatic heterocycles. The molecule has 8 heteroatoms. The Kier molecular flexibility index (Phi) is 5.43. The predicted octanol–water partition coefficient (Wildman–Crippen LogP) is 2.67. The first-order valence-corrected chi connectivity index (χ1v) is 10.4. The Morgan fingerprint density at radius 2 is 2.04 bits per heavy atom. The van der Waals surface area contributed by atoms with E-state index in [-0.39, 0.29) is 4.90 Å². The Morgan fingerprint density at radius 1 is 1.31 bits per heavy atom. The summed E-state index contributed by atoms with van der Waals surface area (Å²) in [5.41, 5.74) is 1.84. The van der Waals surface area contributed by atoms with Crippen LogP contribution in [0.1, 0.15) is 32.3 Å². The van der Waals surface area contributed by atoms with Crippen molar-refractivity contribution >= 4 is 27.5 Å². The van der Waals surface area contributed by atoms with Gasteiger partial charge in [0.25, 0.3) is 0 Å². The summed E-state index contributed by atoms with van der Waals surface area (Å²) in [5.74, 6) is 2.14. The van der Waals surface area contributed by atoms with E-state index in [2.05, 4.69) is 29.0 Å². The third-order valence-corrected chi connectivity index (χ3v) is 5.55. The minimum Gasteiger partial charge on any atom is -0.356 e. The van der Waals surface area contributed by atoms with Gasteiger partial charge in [0, 0.05) is 30.5 Å². The van der Waals surface area contributed by atoms with E-state index in [0.717, 1.165) is 30.9 Å². The van der Waals surface area contributed by atoms with E-state index in [4.69, 9.17) is 10.1 Å². The number of piperidine rings is 1. The summed E-state index contributed by atoms with van der Waals surface area (Å²) < 4.78 is 22.7. The van der Waals surface area contributed by atoms with E-state index in [1.165, 1.54) is 25.0 Å². The molecule has 2 aromatic rings. The minimum absolute atomic E-state index is 0.0771. The summed E-state index contributed by atoms with van der Waals surface area (Å²) in [7, 11) is -3.69. The van der Waals surface area contributed by atoms with Crippen LogP contribution in [-0.4, -0.2) is 31.5 Å².